The molecular weight excluding hydrogens is 1180 g/mol. The van der Waals surface area contributed by atoms with E-state index in [0.717, 1.165) is 56.5 Å². The molecule has 460 valence electrons. The number of aliphatic hydroxyl groups excluding tert-OH is 2. The van der Waals surface area contributed by atoms with Gasteiger partial charge in [-0.15, -0.1) is 29.3 Å². The van der Waals surface area contributed by atoms with E-state index in [1.807, 2.05) is 102 Å². The standard InChI is InChI=1S/C30H45NO4S.C28H41NO4S.C5H9.C2H4.CH3.2ClH.Ru/c1-11-13-20(4)22(6)23(7)29(34)30(9,10)27(32)17-28(33)35-26(15-14-19(3)12-2)21(5)16-25-18-36-24(8)31-25;1-17-10-9-11-18(2)20(4)21(5)27(32)28(7,8)25(30)15-26(31)33-24(13-12-17)19(3)14-23-16-34-22(6)29-23;1-2-4-5-3-1;1-2;;;;/h11-12,14,16,18,20,22-23,26-27,32H,1-2,13,15,17H2,3-10H3;9-10,12,14,16,18,20-21,24-25,30H,11,13,15H2,1-8H3;1H,2-5H2;1H,2H3;1H3;2*1H;/q;;-1;;-1;;;+2/p-2/b19-14-,21-16+;10-9+,17-12-,19-14+;;;;;;/t20-,22-,23+,26-,27-;18-,20-,21+,24-,25-;;;;;;/m00....../s1. The summed E-state index contributed by atoms with van der Waals surface area (Å²) in [6, 6.07) is 0. The average molecular weight is 1290 g/mol. The predicted molar refractivity (Wildman–Crippen MR) is 343 cm³/mol. The molecule has 2 N–H and O–H groups in total. The maximum atomic E-state index is 13.3. The number of cyclic esters (lactones) is 1. The second-order valence-electron chi connectivity index (χ2n) is 22.9. The molecule has 0 spiro atoms. The average Bonchev–Trinajstić information content (AvgIpc) is 4.22. The molecule has 81 heavy (non-hydrogen) atoms. The molecular formula is C66H102Cl2N2O8RuS2-2. The molecule has 10 atom stereocenters. The second-order valence-corrected chi connectivity index (χ2v) is 31.2. The van der Waals surface area contributed by atoms with E-state index in [0.29, 0.717) is 24.7 Å². The van der Waals surface area contributed by atoms with E-state index in [1.165, 1.54) is 25.7 Å². The van der Waals surface area contributed by atoms with Crippen molar-refractivity contribution in [2.24, 2.45) is 46.3 Å². The number of hydrogen-bond acceptors (Lipinski definition) is 12. The van der Waals surface area contributed by atoms with Gasteiger partial charge in [-0.2, -0.15) is 12.8 Å². The number of aliphatic hydroxyl groups is 2. The first-order valence-electron chi connectivity index (χ1n) is 28.2. The molecule has 1 fully saturated rings. The monoisotopic (exact) mass is 1290 g/mol. The van der Waals surface area contributed by atoms with Gasteiger partial charge in [-0.3, -0.25) is 19.2 Å². The quantitative estimate of drug-likeness (QED) is 0.0514. The van der Waals surface area contributed by atoms with Crippen molar-refractivity contribution in [3.05, 3.63) is 118 Å². The molecule has 0 unspecified atom stereocenters. The predicted octanol–water partition coefficient (Wildman–Crippen LogP) is 17.4. The van der Waals surface area contributed by atoms with Gasteiger partial charge in [0, 0.05) is 35.4 Å². The van der Waals surface area contributed by atoms with E-state index in [-0.39, 0.29) is 55.5 Å². The van der Waals surface area contributed by atoms with Crippen molar-refractivity contribution in [2.45, 2.75) is 206 Å². The van der Waals surface area contributed by atoms with Crippen molar-refractivity contribution in [2.75, 3.05) is 0 Å². The molecule has 10 nitrogen and oxygen atoms in total. The Labute approximate surface area is 511 Å². The van der Waals surface area contributed by atoms with Gasteiger partial charge in [0.2, 0.25) is 0 Å². The minimum Gasteiger partial charge on any atom is -0.358 e. The molecule has 15 heteroatoms. The molecule has 4 rings (SSSR count). The van der Waals surface area contributed by atoms with Gasteiger partial charge in [0.05, 0.1) is 57.3 Å². The van der Waals surface area contributed by atoms with Crippen LogP contribution in [0.1, 0.15) is 189 Å². The molecule has 1 aliphatic heterocycles. The Morgan fingerprint density at radius 1 is 0.963 bits per heavy atom. The molecule has 2 aromatic heterocycles. The van der Waals surface area contributed by atoms with Crippen LogP contribution >= 0.6 is 42.1 Å². The molecule has 0 saturated heterocycles. The summed E-state index contributed by atoms with van der Waals surface area (Å²) in [5.41, 5.74) is 3.34. The van der Waals surface area contributed by atoms with Crippen molar-refractivity contribution < 1.29 is 52.4 Å². The normalized spacial score (nSPS) is 23.4. The number of carbonyl (C=O) groups excluding carboxylic acids is 4. The second kappa shape index (κ2) is 39.4. The number of halogens is 2. The summed E-state index contributed by atoms with van der Waals surface area (Å²) in [5, 5.41) is 27.7. The number of ketones is 2. The number of aromatic nitrogens is 2. The third kappa shape index (κ3) is 28.4. The van der Waals surface area contributed by atoms with Crippen LogP contribution in [0.4, 0.5) is 0 Å². The number of esters is 2. The fraction of sp³-hybridized carbons (Fsp3) is 0.591. The Kier molecular flexibility index (Phi) is 37.8. The number of aryl methyl sites for hydroxylation is 2. The number of carbonyl (C=O) groups is 4. The third-order valence-corrected chi connectivity index (χ3v) is 19.9. The Bertz CT molecular complexity index is 2470. The maximum Gasteiger partial charge on any atom is -0.0829 e. The zero-order chi connectivity index (χ0) is 61.1. The Balaban J connectivity index is 0.00000133. The zero-order valence-electron chi connectivity index (χ0n) is 52.4. The van der Waals surface area contributed by atoms with E-state index < -0.39 is 60.7 Å². The van der Waals surface area contributed by atoms with Gasteiger partial charge >= 0.3 is 56.4 Å². The third-order valence-electron chi connectivity index (χ3n) is 15.7. The largest absolute Gasteiger partial charge is 0.358 e. The number of ether oxygens (including phenoxy) is 2. The molecule has 2 aliphatic rings. The van der Waals surface area contributed by atoms with E-state index in [1.54, 1.807) is 56.4 Å². The van der Waals surface area contributed by atoms with Gasteiger partial charge in [-0.1, -0.05) is 136 Å². The van der Waals surface area contributed by atoms with Crippen LogP contribution in [-0.2, 0) is 42.2 Å². The van der Waals surface area contributed by atoms with Crippen molar-refractivity contribution in [3.63, 3.8) is 0 Å². The number of nitrogens with zero attached hydrogens (tertiary/aromatic N) is 2. The number of thiazole rings is 2. The van der Waals surface area contributed by atoms with Gasteiger partial charge < -0.3 is 33.5 Å². The molecule has 0 aromatic carbocycles. The zero-order valence-corrected chi connectivity index (χ0v) is 57.2. The summed E-state index contributed by atoms with van der Waals surface area (Å²) in [5.74, 6) is -0.728. The molecule has 2 aromatic rings. The molecule has 0 radical (unpaired) electrons. The van der Waals surface area contributed by atoms with Crippen LogP contribution in [0.15, 0.2) is 82.7 Å². The van der Waals surface area contributed by atoms with Gasteiger partial charge in [0.25, 0.3) is 0 Å². The van der Waals surface area contributed by atoms with Crippen molar-refractivity contribution in [3.8, 4) is 0 Å². The van der Waals surface area contributed by atoms with Crippen LogP contribution < -0.4 is 0 Å². The number of rotatable bonds is 17. The summed E-state index contributed by atoms with van der Waals surface area (Å²) in [6.07, 6.45) is 22.7. The summed E-state index contributed by atoms with van der Waals surface area (Å²) in [6.45, 7) is 40.2. The van der Waals surface area contributed by atoms with E-state index in [9.17, 15) is 29.4 Å². The molecule has 0 bridgehead atoms. The molecule has 3 heterocycles. The smallest absolute Gasteiger partial charge is 0.0829 e. The molecule has 1 aliphatic carbocycles. The minimum absolute atomic E-state index is 0. The number of Topliss-reactive ketones (excluding diaryl/α,β-unsaturated/α-hetero) is 2. The van der Waals surface area contributed by atoms with Crippen LogP contribution in [0.25, 0.3) is 12.2 Å². The Morgan fingerprint density at radius 2 is 1.52 bits per heavy atom. The van der Waals surface area contributed by atoms with E-state index in [2.05, 4.69) is 75.5 Å². The fourth-order valence-corrected chi connectivity index (χ4v) is 10.2. The van der Waals surface area contributed by atoms with Crippen molar-refractivity contribution >= 4 is 82.3 Å². The van der Waals surface area contributed by atoms with Gasteiger partial charge in [0.1, 0.15) is 23.8 Å². The maximum absolute atomic E-state index is 13.3. The minimum atomic E-state index is -1.36. The fourth-order valence-electron chi connectivity index (χ4n) is 9.02. The number of hydrogen-bond donors (Lipinski definition) is 2. The summed E-state index contributed by atoms with van der Waals surface area (Å²) < 4.78 is 13.5. The van der Waals surface area contributed by atoms with Gasteiger partial charge in [-0.05, 0) is 101 Å². The van der Waals surface area contributed by atoms with Gasteiger partial charge in [0.15, 0.2) is 0 Å². The van der Waals surface area contributed by atoms with Crippen LogP contribution in [-0.4, -0.2) is 72.7 Å². The van der Waals surface area contributed by atoms with E-state index in [4.69, 9.17) is 28.9 Å². The van der Waals surface area contributed by atoms with E-state index >= 15 is 0 Å². The molecule has 1 saturated carbocycles. The summed E-state index contributed by atoms with van der Waals surface area (Å²) >= 11 is 1.77. The first kappa shape index (κ1) is 77.7. The SMILES string of the molecule is C=CC[C@H](C)[C@H](C)[C@@H](C)C(=O)C(C)(C)[C@@H](O)CC(=O)O[C@@H](C/C=C(/C)C=C)/C(C)=C/c1csc(C)n1.CC1=C/C[C@@H](/C(C)=C/c2csc(C)n2)OC(=O)C[C@H](O)C(C)(C)C(=O)[C@H](C)[C@@H](C)[C@@H](C)C\C=C\1.C[CH]=[Ru]([Cl])[Cl].[CH-]1CCCC1.[CH3-]. The molecule has 0 amide bonds. The first-order valence-corrected chi connectivity index (χ1v) is 35.4. The Hall–Kier alpha value is -3.29. The van der Waals surface area contributed by atoms with Crippen LogP contribution in [0.2, 0.25) is 0 Å². The Morgan fingerprint density at radius 3 is 2.00 bits per heavy atom. The van der Waals surface area contributed by atoms with Crippen molar-refractivity contribution in [1.29, 1.82) is 0 Å². The summed E-state index contributed by atoms with van der Waals surface area (Å²) in [7, 11) is 10.6. The summed E-state index contributed by atoms with van der Waals surface area (Å²) in [4.78, 5) is 61.4. The van der Waals surface area contributed by atoms with Crippen LogP contribution in [0.3, 0.4) is 0 Å². The van der Waals surface area contributed by atoms with Crippen molar-refractivity contribution in [1.82, 2.24) is 9.97 Å². The van der Waals surface area contributed by atoms with Gasteiger partial charge in [-0.25, -0.2) is 9.97 Å². The van der Waals surface area contributed by atoms with Crippen LogP contribution in [0.5, 0.6) is 0 Å². The van der Waals surface area contributed by atoms with Crippen LogP contribution in [0, 0.1) is 74.0 Å². The first-order chi connectivity index (χ1) is 37.3. The topological polar surface area (TPSA) is 153 Å². The number of allylic oxidation sites excluding steroid dienone is 6.